The largest absolute Gasteiger partial charge is 2.00 e. The zero-order valence-electron chi connectivity index (χ0n) is 37.6. The number of hydrogen-bond donors (Lipinski definition) is 0. The first kappa shape index (κ1) is 41.0. The number of rotatable bonds is 6. The number of hydrogen-bond acceptors (Lipinski definition) is 4. The minimum atomic E-state index is -0.0836. The fraction of sp³-hybridized carbons (Fsp3) is 0.196. The molecule has 0 unspecified atom stereocenters. The maximum atomic E-state index is 6.85. The van der Waals surface area contributed by atoms with Gasteiger partial charge in [0.15, 0.2) is 0 Å². The molecular weight excluding hydrogens is 982 g/mol. The summed E-state index contributed by atoms with van der Waals surface area (Å²) in [6.45, 7) is 17.9. The number of aromatic nitrogens is 7. The van der Waals surface area contributed by atoms with E-state index in [-0.39, 0.29) is 26.5 Å². The minimum absolute atomic E-state index is 0. The third kappa shape index (κ3) is 6.17. The van der Waals surface area contributed by atoms with E-state index in [1.165, 1.54) is 22.3 Å². The maximum Gasteiger partial charge on any atom is 2.00 e. The molecule has 6 aromatic heterocycles. The Kier molecular flexibility index (Phi) is 9.39. The molecule has 12 rings (SSSR count). The fourth-order valence-electron chi connectivity index (χ4n) is 9.91. The molecule has 6 aromatic carbocycles. The van der Waals surface area contributed by atoms with Crippen molar-refractivity contribution >= 4 is 71.6 Å². The minimum Gasteiger partial charge on any atom is -0.513 e. The van der Waals surface area contributed by atoms with Gasteiger partial charge in [0.1, 0.15) is 11.4 Å². The number of aryl methyl sites for hydroxylation is 1. The summed E-state index contributed by atoms with van der Waals surface area (Å²) in [7, 11) is 0. The molecule has 0 saturated carbocycles. The Balaban J connectivity index is 0.00000469. The van der Waals surface area contributed by atoms with Crippen molar-refractivity contribution in [1.82, 2.24) is 33.3 Å². The third-order valence-electron chi connectivity index (χ3n) is 13.1. The van der Waals surface area contributed by atoms with Crippen molar-refractivity contribution in [1.29, 1.82) is 0 Å². The van der Waals surface area contributed by atoms with Gasteiger partial charge in [-0.3, -0.25) is 9.25 Å². The quantitative estimate of drug-likeness (QED) is 0.156. The van der Waals surface area contributed by atoms with Crippen molar-refractivity contribution < 1.29 is 25.5 Å². The average molecular weight is 1030 g/mol. The fourth-order valence-corrected chi connectivity index (χ4v) is 9.91. The Bertz CT molecular complexity index is 3840. The molecule has 0 atom stereocenters. The van der Waals surface area contributed by atoms with E-state index < -0.39 is 0 Å². The summed E-state index contributed by atoms with van der Waals surface area (Å²) in [6, 6.07) is 46.6. The molecule has 6 heterocycles. The Morgan fingerprint density at radius 2 is 1.40 bits per heavy atom. The van der Waals surface area contributed by atoms with Crippen LogP contribution in [0, 0.1) is 19.1 Å². The van der Waals surface area contributed by atoms with Crippen LogP contribution in [-0.2, 0) is 26.5 Å². The normalized spacial score (nSPS) is 12.5. The zero-order chi connectivity index (χ0) is 43.8. The third-order valence-corrected chi connectivity index (χ3v) is 13.1. The number of furan rings is 1. The molecule has 9 heteroatoms. The van der Waals surface area contributed by atoms with Gasteiger partial charge >= 0.3 is 21.1 Å². The van der Waals surface area contributed by atoms with E-state index in [2.05, 4.69) is 184 Å². The SMILES string of the molecule is Cc1cccc2c1nc1n(-c3cc(C(C)(C)C)ccn3)c3[c-]c4c(cc3n21)c1ccccc1n4-c1[c-]c(-n2cc(-c3c(C(C)C)cccc3C(C)C)cn2)cc2c1oc1ccccc12.[Pt+2]. The van der Waals surface area contributed by atoms with Gasteiger partial charge in [0.2, 0.25) is 5.78 Å². The smallest absolute Gasteiger partial charge is 0.513 e. The first-order chi connectivity index (χ1) is 30.9. The van der Waals surface area contributed by atoms with Crippen LogP contribution >= 0.6 is 0 Å². The molecule has 0 aliphatic carbocycles. The molecule has 0 radical (unpaired) electrons. The Morgan fingerprint density at radius 3 is 2.17 bits per heavy atom. The van der Waals surface area contributed by atoms with Crippen molar-refractivity contribution in [2.24, 2.45) is 0 Å². The van der Waals surface area contributed by atoms with Crippen LogP contribution in [0.25, 0.3) is 99.9 Å². The Labute approximate surface area is 391 Å². The predicted molar refractivity (Wildman–Crippen MR) is 261 cm³/mol. The van der Waals surface area contributed by atoms with Crippen molar-refractivity contribution in [2.75, 3.05) is 0 Å². The molecule has 0 fully saturated rings. The number of pyridine rings is 1. The Hall–Kier alpha value is -6.76. The van der Waals surface area contributed by atoms with Gasteiger partial charge in [-0.2, -0.15) is 5.10 Å². The van der Waals surface area contributed by atoms with Crippen molar-refractivity contribution in [3.8, 4) is 28.3 Å². The molecule has 0 N–H and O–H groups in total. The molecule has 65 heavy (non-hydrogen) atoms. The molecule has 0 amide bonds. The van der Waals surface area contributed by atoms with E-state index in [1.54, 1.807) is 0 Å². The molecule has 8 nitrogen and oxygen atoms in total. The van der Waals surface area contributed by atoms with Crippen molar-refractivity contribution in [2.45, 2.75) is 72.6 Å². The maximum absolute atomic E-state index is 6.85. The predicted octanol–water partition coefficient (Wildman–Crippen LogP) is 14.1. The number of para-hydroxylation sites is 3. The van der Waals surface area contributed by atoms with E-state index in [1.807, 2.05) is 29.2 Å². The van der Waals surface area contributed by atoms with E-state index in [9.17, 15) is 0 Å². The van der Waals surface area contributed by atoms with Crippen molar-refractivity contribution in [3.05, 3.63) is 162 Å². The average Bonchev–Trinajstić information content (AvgIpc) is 4.12. The topological polar surface area (TPSA) is 71.0 Å². The van der Waals surface area contributed by atoms with E-state index in [0.717, 1.165) is 99.9 Å². The van der Waals surface area contributed by atoms with Gasteiger partial charge in [0.05, 0.1) is 17.2 Å². The van der Waals surface area contributed by atoms with Crippen LogP contribution in [0.5, 0.6) is 0 Å². The van der Waals surface area contributed by atoms with Crippen LogP contribution in [0.4, 0.5) is 0 Å². The molecule has 12 aromatic rings. The van der Waals surface area contributed by atoms with Crippen LogP contribution in [0.1, 0.15) is 82.6 Å². The monoisotopic (exact) mass is 1030 g/mol. The van der Waals surface area contributed by atoms with Gasteiger partial charge in [0, 0.05) is 34.4 Å². The number of nitrogens with zero attached hydrogens (tertiary/aromatic N) is 7. The van der Waals surface area contributed by atoms with Crippen LogP contribution in [-0.4, -0.2) is 33.3 Å². The molecule has 322 valence electrons. The van der Waals surface area contributed by atoms with Crippen LogP contribution < -0.4 is 0 Å². The standard InChI is InChI=1S/C56H47N7O.Pt/c1-32(2)38-18-14-19-39(33(3)4)52(38)35-30-58-60(31-35)37-26-43-41-17-10-12-22-50(41)64-54(43)49(27-37)61-44-20-11-9-16-40(44)42-28-47-48(29-46(42)61)63(51-25-36(23-24-57-51)56(6,7)8)55-59-53-34(5)15-13-21-45(53)62(47)55;/h9-26,28,30-33H,1-8H3;/q-2;+2. The number of benzene rings is 6. The van der Waals surface area contributed by atoms with Crippen LogP contribution in [0.2, 0.25) is 0 Å². The number of imidazole rings is 2. The van der Waals surface area contributed by atoms with Gasteiger partial charge in [-0.15, -0.1) is 29.7 Å². The van der Waals surface area contributed by atoms with E-state index in [4.69, 9.17) is 19.5 Å². The molecule has 0 bridgehead atoms. The second kappa shape index (κ2) is 14.9. The molecular formula is C56H47N7OPt. The summed E-state index contributed by atoms with van der Waals surface area (Å²) in [5.41, 5.74) is 16.2. The summed E-state index contributed by atoms with van der Waals surface area (Å²) >= 11 is 0. The molecule has 0 aliphatic heterocycles. The number of fused-ring (bicyclic) bond motifs is 11. The van der Waals surface area contributed by atoms with Crippen molar-refractivity contribution in [3.63, 3.8) is 0 Å². The first-order valence-corrected chi connectivity index (χ1v) is 22.3. The van der Waals surface area contributed by atoms with Crippen LogP contribution in [0.15, 0.2) is 132 Å². The van der Waals surface area contributed by atoms with Gasteiger partial charge < -0.3 is 13.4 Å². The van der Waals surface area contributed by atoms with Crippen LogP contribution in [0.3, 0.4) is 0 Å². The molecule has 0 aliphatic rings. The second-order valence-corrected chi connectivity index (χ2v) is 18.9. The second-order valence-electron chi connectivity index (χ2n) is 18.9. The van der Waals surface area contributed by atoms with Gasteiger partial charge in [-0.25, -0.2) is 9.97 Å². The molecule has 0 saturated heterocycles. The Morgan fingerprint density at radius 1 is 0.677 bits per heavy atom. The summed E-state index contributed by atoms with van der Waals surface area (Å²) in [5, 5.41) is 9.23. The van der Waals surface area contributed by atoms with Gasteiger partial charge in [0.25, 0.3) is 0 Å². The van der Waals surface area contributed by atoms with Gasteiger partial charge in [-0.05, 0) is 110 Å². The summed E-state index contributed by atoms with van der Waals surface area (Å²) in [4.78, 5) is 10.3. The molecule has 0 spiro atoms. The van der Waals surface area contributed by atoms with Gasteiger partial charge in [-0.1, -0.05) is 126 Å². The summed E-state index contributed by atoms with van der Waals surface area (Å²) in [6.07, 6.45) is 6.07. The summed E-state index contributed by atoms with van der Waals surface area (Å²) in [5.74, 6) is 2.29. The first-order valence-electron chi connectivity index (χ1n) is 22.3. The summed E-state index contributed by atoms with van der Waals surface area (Å²) < 4.78 is 15.5. The van der Waals surface area contributed by atoms with E-state index in [0.29, 0.717) is 11.8 Å². The zero-order valence-corrected chi connectivity index (χ0v) is 39.9. The van der Waals surface area contributed by atoms with E-state index >= 15 is 0 Å².